The zero-order valence-electron chi connectivity index (χ0n) is 11.5. The predicted octanol–water partition coefficient (Wildman–Crippen LogP) is 1.79. The summed E-state index contributed by atoms with van der Waals surface area (Å²) in [7, 11) is 0. The van der Waals surface area contributed by atoms with Crippen molar-refractivity contribution in [2.24, 2.45) is 5.41 Å². The second-order valence-corrected chi connectivity index (χ2v) is 5.20. The largest absolute Gasteiger partial charge is 0.481 e. The first-order chi connectivity index (χ1) is 9.41. The first kappa shape index (κ1) is 14.3. The average molecular weight is 282 g/mol. The number of nitro groups is 1. The summed E-state index contributed by atoms with van der Waals surface area (Å²) < 4.78 is 1.55. The van der Waals surface area contributed by atoms with Gasteiger partial charge < -0.3 is 10.4 Å². The van der Waals surface area contributed by atoms with Gasteiger partial charge in [-0.15, -0.1) is 0 Å². The van der Waals surface area contributed by atoms with Gasteiger partial charge in [-0.25, -0.2) is 4.68 Å². The van der Waals surface area contributed by atoms with Crippen molar-refractivity contribution in [3.05, 3.63) is 15.8 Å². The number of carbonyl (C=O) groups is 1. The number of nitrogens with zero attached hydrogens (tertiary/aromatic N) is 3. The Morgan fingerprint density at radius 1 is 1.60 bits per heavy atom. The third-order valence-electron chi connectivity index (χ3n) is 3.62. The van der Waals surface area contributed by atoms with Gasteiger partial charge in [-0.05, 0) is 26.2 Å². The summed E-state index contributed by atoms with van der Waals surface area (Å²) in [6.45, 7) is 4.28. The molecule has 1 heterocycles. The van der Waals surface area contributed by atoms with E-state index in [9.17, 15) is 14.9 Å². The van der Waals surface area contributed by atoms with Crippen LogP contribution in [-0.2, 0) is 11.3 Å². The summed E-state index contributed by atoms with van der Waals surface area (Å²) >= 11 is 0. The molecule has 0 amide bonds. The Balaban J connectivity index is 2.24. The van der Waals surface area contributed by atoms with E-state index in [1.165, 1.54) is 0 Å². The van der Waals surface area contributed by atoms with Crippen LogP contribution in [0.25, 0.3) is 0 Å². The molecule has 1 saturated carbocycles. The molecule has 0 unspecified atom stereocenters. The summed E-state index contributed by atoms with van der Waals surface area (Å²) in [5.74, 6) is -0.548. The molecule has 1 aliphatic rings. The van der Waals surface area contributed by atoms with Crippen molar-refractivity contribution >= 4 is 17.5 Å². The number of aromatic nitrogens is 2. The zero-order chi connectivity index (χ0) is 14.9. The number of aryl methyl sites for hydroxylation is 2. The van der Waals surface area contributed by atoms with Crippen molar-refractivity contribution in [3.8, 4) is 0 Å². The Hall–Kier alpha value is -2.12. The number of carboxylic acid groups (broad SMARTS) is 1. The molecule has 1 fully saturated rings. The maximum Gasteiger partial charge on any atom is 0.333 e. The molecule has 2 N–H and O–H groups in total. The third kappa shape index (κ3) is 2.45. The maximum atomic E-state index is 11.1. The molecular weight excluding hydrogens is 264 g/mol. The van der Waals surface area contributed by atoms with E-state index in [1.54, 1.807) is 11.6 Å². The van der Waals surface area contributed by atoms with Gasteiger partial charge in [-0.1, -0.05) is 6.92 Å². The van der Waals surface area contributed by atoms with Crippen LogP contribution in [0.2, 0.25) is 0 Å². The molecular formula is C12H18N4O4. The highest BCUT2D eigenvalue weighted by atomic mass is 16.6. The summed E-state index contributed by atoms with van der Waals surface area (Å²) in [6.07, 6.45) is 1.99. The number of rotatable bonds is 7. The van der Waals surface area contributed by atoms with Gasteiger partial charge in [-0.3, -0.25) is 14.9 Å². The van der Waals surface area contributed by atoms with Crippen LogP contribution in [0.4, 0.5) is 11.5 Å². The number of hydrogen-bond donors (Lipinski definition) is 2. The van der Waals surface area contributed by atoms with Gasteiger partial charge in [0.1, 0.15) is 5.69 Å². The van der Waals surface area contributed by atoms with Crippen molar-refractivity contribution in [2.45, 2.75) is 39.7 Å². The summed E-state index contributed by atoms with van der Waals surface area (Å²) in [4.78, 5) is 21.8. The van der Waals surface area contributed by atoms with Gasteiger partial charge in [0.05, 0.1) is 10.3 Å². The maximum absolute atomic E-state index is 11.1. The van der Waals surface area contributed by atoms with Crippen molar-refractivity contribution in [1.29, 1.82) is 0 Å². The van der Waals surface area contributed by atoms with Gasteiger partial charge in [0.15, 0.2) is 0 Å². The molecule has 0 atom stereocenters. The Morgan fingerprint density at radius 3 is 2.70 bits per heavy atom. The molecule has 0 aromatic carbocycles. The molecule has 110 valence electrons. The predicted molar refractivity (Wildman–Crippen MR) is 71.7 cm³/mol. The SMILES string of the molecule is CCCn1nc(C)c([N+](=O)[O-])c1NCC1(C(=O)O)CC1. The lowest BCUT2D eigenvalue weighted by Gasteiger charge is -2.13. The molecule has 0 saturated heterocycles. The van der Waals surface area contributed by atoms with E-state index in [2.05, 4.69) is 10.4 Å². The van der Waals surface area contributed by atoms with Crippen LogP contribution in [0.3, 0.4) is 0 Å². The Labute approximate surface area is 115 Å². The summed E-state index contributed by atoms with van der Waals surface area (Å²) in [5.41, 5.74) is -0.505. The molecule has 0 radical (unpaired) electrons. The smallest absolute Gasteiger partial charge is 0.333 e. The zero-order valence-corrected chi connectivity index (χ0v) is 11.5. The minimum absolute atomic E-state index is 0.0698. The Kier molecular flexibility index (Phi) is 3.65. The molecule has 20 heavy (non-hydrogen) atoms. The Morgan fingerprint density at radius 2 is 2.25 bits per heavy atom. The van der Waals surface area contributed by atoms with E-state index in [1.807, 2.05) is 6.92 Å². The highest BCUT2D eigenvalue weighted by Gasteiger charge is 2.50. The van der Waals surface area contributed by atoms with Gasteiger partial charge in [0, 0.05) is 13.1 Å². The Bertz CT molecular complexity index is 548. The number of hydrogen-bond acceptors (Lipinski definition) is 5. The van der Waals surface area contributed by atoms with Crippen LogP contribution in [-0.4, -0.2) is 32.3 Å². The molecule has 0 spiro atoms. The van der Waals surface area contributed by atoms with Crippen LogP contribution in [0.1, 0.15) is 31.9 Å². The molecule has 1 aliphatic carbocycles. The van der Waals surface area contributed by atoms with E-state index in [-0.39, 0.29) is 12.2 Å². The third-order valence-corrected chi connectivity index (χ3v) is 3.62. The molecule has 8 nitrogen and oxygen atoms in total. The van der Waals surface area contributed by atoms with Crippen LogP contribution in [0.15, 0.2) is 0 Å². The fraction of sp³-hybridized carbons (Fsp3) is 0.667. The number of anilines is 1. The second kappa shape index (κ2) is 5.10. The van der Waals surface area contributed by atoms with E-state index < -0.39 is 16.3 Å². The fourth-order valence-electron chi connectivity index (χ4n) is 2.21. The molecule has 2 rings (SSSR count). The number of carboxylic acids is 1. The van der Waals surface area contributed by atoms with Crippen molar-refractivity contribution in [2.75, 3.05) is 11.9 Å². The van der Waals surface area contributed by atoms with Crippen molar-refractivity contribution in [1.82, 2.24) is 9.78 Å². The molecule has 1 aromatic heterocycles. The van der Waals surface area contributed by atoms with Crippen LogP contribution in [0, 0.1) is 22.5 Å². The number of aliphatic carboxylic acids is 1. The topological polar surface area (TPSA) is 110 Å². The van der Waals surface area contributed by atoms with Gasteiger partial charge in [0.2, 0.25) is 5.82 Å². The van der Waals surface area contributed by atoms with Gasteiger partial charge in [-0.2, -0.15) is 5.10 Å². The lowest BCUT2D eigenvalue weighted by molar-refractivity contribution is -0.384. The van der Waals surface area contributed by atoms with Crippen molar-refractivity contribution in [3.63, 3.8) is 0 Å². The van der Waals surface area contributed by atoms with E-state index in [0.29, 0.717) is 30.9 Å². The standard InChI is InChI=1S/C12H18N4O4/c1-3-6-15-10(9(16(19)20)8(2)14-15)13-7-12(4-5-12)11(17)18/h13H,3-7H2,1-2H3,(H,17,18). The van der Waals surface area contributed by atoms with E-state index in [0.717, 1.165) is 6.42 Å². The van der Waals surface area contributed by atoms with Gasteiger partial charge >= 0.3 is 11.7 Å². The average Bonchev–Trinajstić information content (AvgIpc) is 3.08. The fourth-order valence-corrected chi connectivity index (χ4v) is 2.21. The lowest BCUT2D eigenvalue weighted by Crippen LogP contribution is -2.25. The van der Waals surface area contributed by atoms with E-state index >= 15 is 0 Å². The minimum atomic E-state index is -0.856. The van der Waals surface area contributed by atoms with Crippen LogP contribution < -0.4 is 5.32 Å². The van der Waals surface area contributed by atoms with Gasteiger partial charge in [0.25, 0.3) is 0 Å². The van der Waals surface area contributed by atoms with E-state index in [4.69, 9.17) is 5.11 Å². The lowest BCUT2D eigenvalue weighted by atomic mass is 10.1. The van der Waals surface area contributed by atoms with Crippen molar-refractivity contribution < 1.29 is 14.8 Å². The highest BCUT2D eigenvalue weighted by Crippen LogP contribution is 2.46. The first-order valence-electron chi connectivity index (χ1n) is 6.60. The second-order valence-electron chi connectivity index (χ2n) is 5.20. The van der Waals surface area contributed by atoms with Crippen LogP contribution in [0.5, 0.6) is 0 Å². The molecule has 0 aliphatic heterocycles. The monoisotopic (exact) mass is 282 g/mol. The normalized spacial score (nSPS) is 15.9. The summed E-state index contributed by atoms with van der Waals surface area (Å²) in [5, 5.41) is 27.4. The molecule has 8 heteroatoms. The molecule has 1 aromatic rings. The van der Waals surface area contributed by atoms with Crippen LogP contribution >= 0.6 is 0 Å². The first-order valence-corrected chi connectivity index (χ1v) is 6.60. The highest BCUT2D eigenvalue weighted by molar-refractivity contribution is 5.78. The number of nitrogens with one attached hydrogen (secondary N) is 1. The molecule has 0 bridgehead atoms. The minimum Gasteiger partial charge on any atom is -0.481 e. The quantitative estimate of drug-likeness (QED) is 0.582. The summed E-state index contributed by atoms with van der Waals surface area (Å²) in [6, 6.07) is 0.